The predicted molar refractivity (Wildman–Crippen MR) is 105 cm³/mol. The van der Waals surface area contributed by atoms with Crippen molar-refractivity contribution in [2.75, 3.05) is 31.0 Å². The molecule has 0 unspecified atom stereocenters. The van der Waals surface area contributed by atoms with Crippen LogP contribution in [0.1, 0.15) is 20.3 Å². The molecule has 2 amide bonds. The molecular formula is C20H26BN3O. The van der Waals surface area contributed by atoms with E-state index in [4.69, 9.17) is 0 Å². The second kappa shape index (κ2) is 8.21. The quantitative estimate of drug-likeness (QED) is 0.803. The highest BCUT2D eigenvalue weighted by Gasteiger charge is 2.39. The molecule has 2 aromatic rings. The van der Waals surface area contributed by atoms with Gasteiger partial charge >= 0.3 is 13.0 Å². The molecular weight excluding hydrogens is 309 g/mol. The van der Waals surface area contributed by atoms with Crippen molar-refractivity contribution in [3.63, 3.8) is 0 Å². The van der Waals surface area contributed by atoms with Gasteiger partial charge in [0.1, 0.15) is 0 Å². The molecule has 3 rings (SSSR count). The largest absolute Gasteiger partial charge is 0.387 e. The van der Waals surface area contributed by atoms with Gasteiger partial charge in [-0.25, -0.2) is 4.79 Å². The van der Waals surface area contributed by atoms with Crippen LogP contribution in [0, 0.1) is 0 Å². The van der Waals surface area contributed by atoms with Gasteiger partial charge in [-0.2, -0.15) is 0 Å². The fourth-order valence-corrected chi connectivity index (χ4v) is 3.55. The van der Waals surface area contributed by atoms with Crippen LogP contribution in [0.4, 0.5) is 10.5 Å². The van der Waals surface area contributed by atoms with E-state index in [0.29, 0.717) is 0 Å². The summed E-state index contributed by atoms with van der Waals surface area (Å²) in [6.07, 6.45) is 0.999. The van der Waals surface area contributed by atoms with Crippen molar-refractivity contribution in [1.29, 1.82) is 0 Å². The number of amides is 2. The maximum Gasteiger partial charge on any atom is 0.387 e. The van der Waals surface area contributed by atoms with E-state index in [9.17, 15) is 4.79 Å². The monoisotopic (exact) mass is 335 g/mol. The van der Waals surface area contributed by atoms with E-state index in [2.05, 4.69) is 30.8 Å². The fourth-order valence-electron chi connectivity index (χ4n) is 3.55. The lowest BCUT2D eigenvalue weighted by atomic mass is 9.63. The maximum absolute atomic E-state index is 13.4. The van der Waals surface area contributed by atoms with Gasteiger partial charge in [-0.3, -0.25) is 0 Å². The summed E-state index contributed by atoms with van der Waals surface area (Å²) in [7, 11) is 0. The number of anilines is 1. The van der Waals surface area contributed by atoms with Crippen LogP contribution in [0.3, 0.4) is 0 Å². The Morgan fingerprint density at radius 2 is 1.52 bits per heavy atom. The van der Waals surface area contributed by atoms with Gasteiger partial charge < -0.3 is 14.5 Å². The minimum absolute atomic E-state index is 0.0840. The first-order valence-electron chi connectivity index (χ1n) is 9.18. The van der Waals surface area contributed by atoms with E-state index in [1.54, 1.807) is 0 Å². The number of para-hydroxylation sites is 1. The molecule has 0 saturated carbocycles. The first kappa shape index (κ1) is 17.6. The van der Waals surface area contributed by atoms with Gasteiger partial charge in [0.2, 0.25) is 0 Å². The van der Waals surface area contributed by atoms with E-state index in [0.717, 1.165) is 43.8 Å². The van der Waals surface area contributed by atoms with Crippen LogP contribution in [0.15, 0.2) is 60.7 Å². The number of urea groups is 1. The van der Waals surface area contributed by atoms with Gasteiger partial charge in [-0.05, 0) is 44.0 Å². The van der Waals surface area contributed by atoms with Crippen LogP contribution in [0.25, 0.3) is 0 Å². The van der Waals surface area contributed by atoms with Crippen LogP contribution in [-0.4, -0.2) is 48.9 Å². The molecule has 0 bridgehead atoms. The Kier molecular flexibility index (Phi) is 5.77. The van der Waals surface area contributed by atoms with E-state index in [-0.39, 0.29) is 13.0 Å². The number of nitrogens with zero attached hydrogens (tertiary/aromatic N) is 3. The van der Waals surface area contributed by atoms with E-state index < -0.39 is 0 Å². The van der Waals surface area contributed by atoms with E-state index >= 15 is 0 Å². The van der Waals surface area contributed by atoms with Gasteiger partial charge in [0.05, 0.1) is 0 Å². The van der Waals surface area contributed by atoms with Gasteiger partial charge in [-0.1, -0.05) is 55.5 Å². The van der Waals surface area contributed by atoms with Gasteiger partial charge in [0.15, 0.2) is 0 Å². The number of hydrogen-bond acceptors (Lipinski definition) is 2. The predicted octanol–water partition coefficient (Wildman–Crippen LogP) is 3.06. The number of hydrogen-bond donors (Lipinski definition) is 0. The Balaban J connectivity index is 2.12. The van der Waals surface area contributed by atoms with Crippen molar-refractivity contribution in [2.45, 2.75) is 20.3 Å². The summed E-state index contributed by atoms with van der Waals surface area (Å²) in [6, 6.07) is 20.5. The van der Waals surface area contributed by atoms with Crippen molar-refractivity contribution in [3.8, 4) is 0 Å². The summed E-state index contributed by atoms with van der Waals surface area (Å²) in [5, 5.41) is 0. The molecule has 4 nitrogen and oxygen atoms in total. The number of rotatable bonds is 4. The number of carbonyl (C=O) groups is 1. The zero-order valence-electron chi connectivity index (χ0n) is 15.1. The normalized spacial score (nSPS) is 16.7. The van der Waals surface area contributed by atoms with Crippen molar-refractivity contribution >= 4 is 24.2 Å². The van der Waals surface area contributed by atoms with Crippen LogP contribution in [-0.2, 0) is 0 Å². The molecule has 0 radical (unpaired) electrons. The average Bonchev–Trinajstić information content (AvgIpc) is 2.66. The van der Waals surface area contributed by atoms with E-state index in [1.807, 2.05) is 58.2 Å². The number of benzene rings is 2. The van der Waals surface area contributed by atoms with Crippen LogP contribution in [0.5, 0.6) is 0 Å². The third kappa shape index (κ3) is 3.71. The van der Waals surface area contributed by atoms with Crippen LogP contribution >= 0.6 is 0 Å². The summed E-state index contributed by atoms with van der Waals surface area (Å²) in [4.78, 5) is 19.7. The summed E-state index contributed by atoms with van der Waals surface area (Å²) < 4.78 is 0. The zero-order chi connectivity index (χ0) is 17.6. The third-order valence-corrected chi connectivity index (χ3v) is 4.86. The first-order valence-corrected chi connectivity index (χ1v) is 9.18. The lowest BCUT2D eigenvalue weighted by Gasteiger charge is -2.41. The molecule has 25 heavy (non-hydrogen) atoms. The second-order valence-electron chi connectivity index (χ2n) is 6.33. The Morgan fingerprint density at radius 3 is 2.12 bits per heavy atom. The Hall–Kier alpha value is -2.27. The fraction of sp³-hybridized carbons (Fsp3) is 0.350. The summed E-state index contributed by atoms with van der Waals surface area (Å²) in [6.45, 7) is 7.55. The molecule has 1 saturated heterocycles. The summed E-state index contributed by atoms with van der Waals surface area (Å²) in [5.74, 6) is 0. The van der Waals surface area contributed by atoms with Crippen LogP contribution in [0.2, 0.25) is 0 Å². The average molecular weight is 335 g/mol. The SMILES string of the molecule is CCN1CCCN(CC)C(=O)N(c2ccccc2)B1c1ccccc1. The Labute approximate surface area is 151 Å². The molecule has 1 aliphatic rings. The van der Waals surface area contributed by atoms with Gasteiger partial charge in [0, 0.05) is 18.8 Å². The lowest BCUT2D eigenvalue weighted by Crippen LogP contribution is -2.66. The van der Waals surface area contributed by atoms with Crippen LogP contribution < -0.4 is 10.3 Å². The minimum atomic E-state index is -0.0875. The standard InChI is InChI=1S/C20H26BN3O/c1-3-22-16-11-17-23(4-2)21(18-12-7-5-8-13-18)24(20(22)25)19-14-9-6-10-15-19/h5-10,12-15H,3-4,11,16-17H2,1-2H3. The molecule has 1 aliphatic heterocycles. The minimum Gasteiger partial charge on any atom is -0.326 e. The first-order chi connectivity index (χ1) is 12.3. The summed E-state index contributed by atoms with van der Waals surface area (Å²) >= 11 is 0. The van der Waals surface area contributed by atoms with Crippen molar-refractivity contribution in [3.05, 3.63) is 60.7 Å². The smallest absolute Gasteiger partial charge is 0.326 e. The van der Waals surface area contributed by atoms with Crippen molar-refractivity contribution in [1.82, 2.24) is 9.71 Å². The molecule has 1 fully saturated rings. The van der Waals surface area contributed by atoms with E-state index in [1.165, 1.54) is 0 Å². The molecule has 2 aromatic carbocycles. The molecule has 0 spiro atoms. The molecule has 5 heteroatoms. The van der Waals surface area contributed by atoms with Gasteiger partial charge in [-0.15, -0.1) is 0 Å². The molecule has 1 heterocycles. The lowest BCUT2D eigenvalue weighted by molar-refractivity contribution is 0.205. The molecule has 0 N–H and O–H groups in total. The third-order valence-electron chi connectivity index (χ3n) is 4.86. The zero-order valence-corrected chi connectivity index (χ0v) is 15.1. The van der Waals surface area contributed by atoms with Gasteiger partial charge in [0.25, 0.3) is 0 Å². The molecule has 0 aliphatic carbocycles. The Bertz CT molecular complexity index is 680. The maximum atomic E-state index is 13.4. The van der Waals surface area contributed by atoms with Crippen molar-refractivity contribution in [2.24, 2.45) is 0 Å². The van der Waals surface area contributed by atoms with Crippen molar-refractivity contribution < 1.29 is 4.79 Å². The highest BCUT2D eigenvalue weighted by atomic mass is 16.2. The summed E-state index contributed by atoms with van der Waals surface area (Å²) in [5.41, 5.74) is 2.10. The second-order valence-corrected chi connectivity index (χ2v) is 6.33. The number of carbonyl (C=O) groups excluding carboxylic acids is 1. The molecule has 0 atom stereocenters. The molecule has 0 aromatic heterocycles. The highest BCUT2D eigenvalue weighted by molar-refractivity contribution is 6.77. The molecule has 130 valence electrons. The topological polar surface area (TPSA) is 26.8 Å². The Morgan fingerprint density at radius 1 is 0.880 bits per heavy atom. The highest BCUT2D eigenvalue weighted by Crippen LogP contribution is 2.21.